The molecule has 2 aromatic carbocycles. The number of nitrogens with one attached hydrogen (secondary N) is 2. The molecule has 0 fully saturated rings. The van der Waals surface area contributed by atoms with Crippen LogP contribution in [-0.2, 0) is 16.0 Å². The van der Waals surface area contributed by atoms with Gasteiger partial charge in [0.15, 0.2) is 0 Å². The highest BCUT2D eigenvalue weighted by Gasteiger charge is 2.18. The number of carbonyl (C=O) groups is 3. The van der Waals surface area contributed by atoms with Crippen molar-refractivity contribution in [3.8, 4) is 5.75 Å². The first-order valence-electron chi connectivity index (χ1n) is 7.62. The largest absolute Gasteiger partial charge is 0.497 e. The Balaban J connectivity index is 1.81. The third kappa shape index (κ3) is 5.07. The molecule has 0 atom stereocenters. The summed E-state index contributed by atoms with van der Waals surface area (Å²) in [6.07, 6.45) is 0.544. The Morgan fingerprint density at radius 2 is 1.68 bits per heavy atom. The van der Waals surface area contributed by atoms with Crippen molar-refractivity contribution in [1.82, 2.24) is 10.6 Å². The summed E-state index contributed by atoms with van der Waals surface area (Å²) in [7, 11) is 1.58. The molecule has 0 bridgehead atoms. The topological polar surface area (TPSA) is 111 Å². The fraction of sp³-hybridized carbons (Fsp3) is 0.167. The van der Waals surface area contributed by atoms with E-state index < -0.39 is 17.7 Å². The Hall–Kier alpha value is -3.35. The molecule has 7 heteroatoms. The molecular formula is C18H19N3O4. The van der Waals surface area contributed by atoms with E-state index in [9.17, 15) is 14.4 Å². The van der Waals surface area contributed by atoms with Gasteiger partial charge in [0, 0.05) is 12.2 Å². The van der Waals surface area contributed by atoms with Crippen molar-refractivity contribution in [2.45, 2.75) is 6.42 Å². The summed E-state index contributed by atoms with van der Waals surface area (Å²) in [5.74, 6) is -1.88. The molecular weight excluding hydrogens is 322 g/mol. The van der Waals surface area contributed by atoms with Gasteiger partial charge in [0.05, 0.1) is 12.7 Å². The number of para-hydroxylation sites is 1. The number of amides is 3. The van der Waals surface area contributed by atoms with Gasteiger partial charge in [0.2, 0.25) is 0 Å². The van der Waals surface area contributed by atoms with Crippen molar-refractivity contribution in [3.63, 3.8) is 0 Å². The SMILES string of the molecule is COc1ccc(CCNC(=O)C(=O)NC(=O)c2ccccc2N)cc1. The van der Waals surface area contributed by atoms with Crippen LogP contribution in [0.25, 0.3) is 0 Å². The Morgan fingerprint density at radius 1 is 1.00 bits per heavy atom. The maximum atomic E-state index is 11.9. The molecule has 2 rings (SSSR count). The van der Waals surface area contributed by atoms with Gasteiger partial charge in [0.25, 0.3) is 5.91 Å². The summed E-state index contributed by atoms with van der Waals surface area (Å²) in [5, 5.41) is 4.48. The zero-order chi connectivity index (χ0) is 18.2. The van der Waals surface area contributed by atoms with Crippen molar-refractivity contribution in [3.05, 3.63) is 59.7 Å². The van der Waals surface area contributed by atoms with Gasteiger partial charge < -0.3 is 15.8 Å². The molecule has 2 aromatic rings. The zero-order valence-electron chi connectivity index (χ0n) is 13.7. The molecule has 0 heterocycles. The Bertz CT molecular complexity index is 772. The van der Waals surface area contributed by atoms with Crippen LogP contribution in [0.5, 0.6) is 5.75 Å². The predicted molar refractivity (Wildman–Crippen MR) is 93.0 cm³/mol. The summed E-state index contributed by atoms with van der Waals surface area (Å²) in [5.41, 5.74) is 7.01. The maximum absolute atomic E-state index is 11.9. The Morgan fingerprint density at radius 3 is 2.32 bits per heavy atom. The molecule has 25 heavy (non-hydrogen) atoms. The molecule has 0 aliphatic heterocycles. The molecule has 0 spiro atoms. The van der Waals surface area contributed by atoms with Gasteiger partial charge in [-0.25, -0.2) is 0 Å². The van der Waals surface area contributed by atoms with Crippen molar-refractivity contribution < 1.29 is 19.1 Å². The van der Waals surface area contributed by atoms with Crippen molar-refractivity contribution in [1.29, 1.82) is 0 Å². The van der Waals surface area contributed by atoms with E-state index >= 15 is 0 Å². The molecule has 0 aliphatic carbocycles. The van der Waals surface area contributed by atoms with E-state index in [0.29, 0.717) is 6.42 Å². The third-order valence-corrected chi connectivity index (χ3v) is 3.50. The van der Waals surface area contributed by atoms with E-state index in [1.807, 2.05) is 29.6 Å². The smallest absolute Gasteiger partial charge is 0.316 e. The molecule has 0 saturated heterocycles. The fourth-order valence-corrected chi connectivity index (χ4v) is 2.12. The van der Waals surface area contributed by atoms with Crippen LogP contribution >= 0.6 is 0 Å². The second-order valence-electron chi connectivity index (χ2n) is 5.22. The fourth-order valence-electron chi connectivity index (χ4n) is 2.12. The van der Waals surface area contributed by atoms with Crippen molar-refractivity contribution in [2.24, 2.45) is 0 Å². The number of carbonyl (C=O) groups excluding carboxylic acids is 3. The summed E-state index contributed by atoms with van der Waals surface area (Å²) in [6.45, 7) is 0.264. The number of benzene rings is 2. The summed E-state index contributed by atoms with van der Waals surface area (Å²) in [6, 6.07) is 13.7. The monoisotopic (exact) mass is 341 g/mol. The summed E-state index contributed by atoms with van der Waals surface area (Å²) >= 11 is 0. The second kappa shape index (κ2) is 8.49. The van der Waals surface area contributed by atoms with Gasteiger partial charge in [-0.1, -0.05) is 24.3 Å². The number of rotatable bonds is 5. The highest BCUT2D eigenvalue weighted by molar-refractivity contribution is 6.38. The lowest BCUT2D eigenvalue weighted by molar-refractivity contribution is -0.138. The molecule has 0 aliphatic rings. The van der Waals surface area contributed by atoms with Crippen LogP contribution in [0.4, 0.5) is 5.69 Å². The minimum absolute atomic E-state index is 0.141. The molecule has 0 aromatic heterocycles. The van der Waals surface area contributed by atoms with Crippen molar-refractivity contribution in [2.75, 3.05) is 19.4 Å². The van der Waals surface area contributed by atoms with Crippen LogP contribution in [0.2, 0.25) is 0 Å². The van der Waals surface area contributed by atoms with E-state index in [4.69, 9.17) is 10.5 Å². The molecule has 4 N–H and O–H groups in total. The van der Waals surface area contributed by atoms with Gasteiger partial charge in [0.1, 0.15) is 5.75 Å². The normalized spacial score (nSPS) is 9.96. The predicted octanol–water partition coefficient (Wildman–Crippen LogP) is 0.893. The standard InChI is InChI=1S/C18H19N3O4/c1-25-13-8-6-12(7-9-13)10-11-20-17(23)18(24)21-16(22)14-4-2-3-5-15(14)19/h2-9H,10-11,19H2,1H3,(H,20,23)(H,21,22,24). The minimum atomic E-state index is -1.03. The molecule has 0 radical (unpaired) electrons. The number of nitrogens with two attached hydrogens (primary N) is 1. The van der Waals surface area contributed by atoms with Crippen LogP contribution < -0.4 is 21.1 Å². The number of hydrogen-bond acceptors (Lipinski definition) is 5. The van der Waals surface area contributed by atoms with E-state index in [0.717, 1.165) is 11.3 Å². The first kappa shape index (κ1) is 18.0. The van der Waals surface area contributed by atoms with Crippen LogP contribution in [0.15, 0.2) is 48.5 Å². The van der Waals surface area contributed by atoms with E-state index in [1.54, 1.807) is 19.2 Å². The van der Waals surface area contributed by atoms with Gasteiger partial charge in [-0.15, -0.1) is 0 Å². The van der Waals surface area contributed by atoms with E-state index in [-0.39, 0.29) is 17.8 Å². The summed E-state index contributed by atoms with van der Waals surface area (Å²) < 4.78 is 5.06. The highest BCUT2D eigenvalue weighted by Crippen LogP contribution is 2.11. The van der Waals surface area contributed by atoms with Gasteiger partial charge in [-0.3, -0.25) is 19.7 Å². The third-order valence-electron chi connectivity index (χ3n) is 3.50. The lowest BCUT2D eigenvalue weighted by Gasteiger charge is -2.07. The van der Waals surface area contributed by atoms with E-state index in [2.05, 4.69) is 5.32 Å². The minimum Gasteiger partial charge on any atom is -0.497 e. The van der Waals surface area contributed by atoms with Gasteiger partial charge in [-0.05, 0) is 36.2 Å². The highest BCUT2D eigenvalue weighted by atomic mass is 16.5. The van der Waals surface area contributed by atoms with Crippen LogP contribution in [0.1, 0.15) is 15.9 Å². The Kier molecular flexibility index (Phi) is 6.11. The second-order valence-corrected chi connectivity index (χ2v) is 5.22. The lowest BCUT2D eigenvalue weighted by Crippen LogP contribution is -2.43. The van der Waals surface area contributed by atoms with Crippen molar-refractivity contribution >= 4 is 23.4 Å². The number of methoxy groups -OCH3 is 1. The quantitative estimate of drug-likeness (QED) is 0.553. The molecule has 0 unspecified atom stereocenters. The lowest BCUT2D eigenvalue weighted by atomic mass is 10.1. The number of imide groups is 1. The van der Waals surface area contributed by atoms with Crippen LogP contribution in [-0.4, -0.2) is 31.4 Å². The summed E-state index contributed by atoms with van der Waals surface area (Å²) in [4.78, 5) is 35.5. The average molecular weight is 341 g/mol. The van der Waals surface area contributed by atoms with E-state index in [1.165, 1.54) is 12.1 Å². The molecule has 7 nitrogen and oxygen atoms in total. The van der Waals surface area contributed by atoms with Crippen LogP contribution in [0, 0.1) is 0 Å². The average Bonchev–Trinajstić information content (AvgIpc) is 2.62. The first-order chi connectivity index (χ1) is 12.0. The number of nitrogen functional groups attached to an aromatic ring is 1. The molecule has 3 amide bonds. The molecule has 0 saturated carbocycles. The van der Waals surface area contributed by atoms with Gasteiger partial charge >= 0.3 is 11.8 Å². The van der Waals surface area contributed by atoms with Gasteiger partial charge in [-0.2, -0.15) is 0 Å². The Labute approximate surface area is 145 Å². The number of anilines is 1. The zero-order valence-corrected chi connectivity index (χ0v) is 13.7. The maximum Gasteiger partial charge on any atom is 0.316 e. The molecule has 130 valence electrons. The number of ether oxygens (including phenoxy) is 1. The number of hydrogen-bond donors (Lipinski definition) is 3. The first-order valence-corrected chi connectivity index (χ1v) is 7.62. The van der Waals surface area contributed by atoms with Crippen LogP contribution in [0.3, 0.4) is 0 Å².